The number of hydrogen-bond acceptors (Lipinski definition) is 6. The normalized spacial score (nSPS) is 28.0. The van der Waals surface area contributed by atoms with Gasteiger partial charge in [-0.2, -0.15) is 13.2 Å². The monoisotopic (exact) mass is 532 g/mol. The third-order valence-electron chi connectivity index (χ3n) is 7.87. The Balaban J connectivity index is 1.49. The summed E-state index contributed by atoms with van der Waals surface area (Å²) >= 11 is 0. The lowest BCUT2D eigenvalue weighted by atomic mass is 9.79. The first-order valence-corrected chi connectivity index (χ1v) is 12.5. The number of nitrogens with one attached hydrogen (secondary N) is 1. The van der Waals surface area contributed by atoms with Crippen LogP contribution < -0.4 is 10.1 Å². The first kappa shape index (κ1) is 26.2. The van der Waals surface area contributed by atoms with Gasteiger partial charge in [0.05, 0.1) is 24.0 Å². The summed E-state index contributed by atoms with van der Waals surface area (Å²) in [6.45, 7) is -0.905. The summed E-state index contributed by atoms with van der Waals surface area (Å²) in [4.78, 5) is 40.8. The molecule has 1 aliphatic carbocycles. The van der Waals surface area contributed by atoms with Gasteiger partial charge in [-0.1, -0.05) is 37.5 Å². The van der Waals surface area contributed by atoms with Gasteiger partial charge in [0.25, 0.3) is 0 Å². The van der Waals surface area contributed by atoms with Gasteiger partial charge in [-0.15, -0.1) is 0 Å². The molecule has 5 rings (SSSR count). The number of aliphatic hydroxyl groups is 1. The van der Waals surface area contributed by atoms with Crippen molar-refractivity contribution in [1.82, 2.24) is 10.2 Å². The number of alkyl halides is 3. The van der Waals surface area contributed by atoms with Crippen LogP contribution in [0.3, 0.4) is 0 Å². The topological polar surface area (TPSA) is 116 Å². The van der Waals surface area contributed by atoms with Crippen LogP contribution in [0.25, 0.3) is 0 Å². The van der Waals surface area contributed by atoms with Crippen LogP contribution >= 0.6 is 0 Å². The second-order valence-corrected chi connectivity index (χ2v) is 10.1. The Bertz CT molecular complexity index is 1260. The number of benzene rings is 2. The number of carbonyl (C=O) groups is 3. The molecule has 2 saturated heterocycles. The first-order chi connectivity index (χ1) is 18.1. The quantitative estimate of drug-likeness (QED) is 0.484. The fourth-order valence-corrected chi connectivity index (χ4v) is 6.06. The van der Waals surface area contributed by atoms with Gasteiger partial charge in [-0.05, 0) is 48.7 Å². The van der Waals surface area contributed by atoms with E-state index in [4.69, 9.17) is 4.74 Å². The van der Waals surface area contributed by atoms with Gasteiger partial charge in [0, 0.05) is 12.1 Å². The highest BCUT2D eigenvalue weighted by Crippen LogP contribution is 2.50. The molecule has 0 bridgehead atoms. The van der Waals surface area contributed by atoms with E-state index >= 15 is 0 Å². The van der Waals surface area contributed by atoms with Gasteiger partial charge in [-0.3, -0.25) is 24.6 Å². The molecule has 202 valence electrons. The molecule has 3 N–H and O–H groups in total. The van der Waals surface area contributed by atoms with Crippen molar-refractivity contribution in [3.8, 4) is 11.5 Å². The first-order valence-electron chi connectivity index (χ1n) is 12.5. The lowest BCUT2D eigenvalue weighted by molar-refractivity contribution is -0.154. The minimum atomic E-state index is -4.55. The maximum absolute atomic E-state index is 13.7. The van der Waals surface area contributed by atoms with Crippen LogP contribution in [-0.4, -0.2) is 51.1 Å². The minimum absolute atomic E-state index is 0.0555. The summed E-state index contributed by atoms with van der Waals surface area (Å²) in [5.74, 6) is -4.80. The Kier molecular flexibility index (Phi) is 6.68. The molecule has 4 atom stereocenters. The van der Waals surface area contributed by atoms with Crippen molar-refractivity contribution in [1.29, 1.82) is 0 Å². The Hall–Kier alpha value is -3.44. The van der Waals surface area contributed by atoms with Crippen LogP contribution in [0.4, 0.5) is 13.2 Å². The molecule has 3 fully saturated rings. The van der Waals surface area contributed by atoms with Gasteiger partial charge in [0.1, 0.15) is 11.5 Å². The summed E-state index contributed by atoms with van der Waals surface area (Å²) in [7, 11) is 0. The molecule has 2 aliphatic heterocycles. The van der Waals surface area contributed by atoms with Crippen molar-refractivity contribution < 1.29 is 42.5 Å². The zero-order chi connectivity index (χ0) is 27.2. The standard InChI is InChI=1S/C27H27F3N2O6/c28-27(29,30)16-7-5-11-19(13-16)38-18-10-4-6-15(12-18)22-20-21(26(14-33,31-22)25(36)37)24(35)32(23(20)34)17-8-2-1-3-9-17/h4-7,10-13,17,20-22,31,33H,1-3,8-9,14H2,(H,36,37). The number of carboxylic acids is 1. The van der Waals surface area contributed by atoms with Crippen LogP contribution in [0.5, 0.6) is 11.5 Å². The van der Waals surface area contributed by atoms with E-state index in [2.05, 4.69) is 5.32 Å². The number of amides is 2. The fraction of sp³-hybridized carbons (Fsp3) is 0.444. The number of rotatable bonds is 6. The molecule has 2 aromatic rings. The number of imide groups is 1. The molecule has 2 heterocycles. The molecule has 0 radical (unpaired) electrons. The van der Waals surface area contributed by atoms with Gasteiger partial charge in [-0.25, -0.2) is 0 Å². The molecule has 2 aromatic carbocycles. The molecular formula is C27H27F3N2O6. The third kappa shape index (κ3) is 4.33. The van der Waals surface area contributed by atoms with Crippen molar-refractivity contribution in [3.63, 3.8) is 0 Å². The Morgan fingerprint density at radius 1 is 1.03 bits per heavy atom. The Morgan fingerprint density at radius 3 is 2.32 bits per heavy atom. The lowest BCUT2D eigenvalue weighted by Gasteiger charge is -2.33. The second-order valence-electron chi connectivity index (χ2n) is 10.1. The van der Waals surface area contributed by atoms with Crippen LogP contribution in [0.15, 0.2) is 48.5 Å². The lowest BCUT2D eigenvalue weighted by Crippen LogP contribution is -2.59. The highest BCUT2D eigenvalue weighted by Gasteiger charge is 2.69. The summed E-state index contributed by atoms with van der Waals surface area (Å²) in [5, 5.41) is 23.1. The summed E-state index contributed by atoms with van der Waals surface area (Å²) in [6.07, 6.45) is -0.537. The fourth-order valence-electron chi connectivity index (χ4n) is 6.06. The van der Waals surface area contributed by atoms with Gasteiger partial charge in [0.15, 0.2) is 5.54 Å². The molecule has 8 nitrogen and oxygen atoms in total. The number of aliphatic hydroxyl groups excluding tert-OH is 1. The van der Waals surface area contributed by atoms with Crippen LogP contribution in [0.2, 0.25) is 0 Å². The molecule has 3 aliphatic rings. The number of halogens is 3. The van der Waals surface area contributed by atoms with E-state index in [0.29, 0.717) is 18.4 Å². The van der Waals surface area contributed by atoms with Gasteiger partial charge in [0.2, 0.25) is 11.8 Å². The maximum atomic E-state index is 13.7. The SMILES string of the molecule is O=C1C2C(c3cccc(Oc4cccc(C(F)(F)F)c4)c3)NC(CO)(C(=O)O)C2C(=O)N1C1CCCCC1. The molecule has 1 saturated carbocycles. The highest BCUT2D eigenvalue weighted by atomic mass is 19.4. The number of carboxylic acid groups (broad SMARTS) is 1. The van der Waals surface area contributed by atoms with E-state index in [9.17, 15) is 37.8 Å². The Labute approximate surface area is 216 Å². The number of nitrogens with zero attached hydrogens (tertiary/aromatic N) is 1. The van der Waals surface area contributed by atoms with Gasteiger partial charge >= 0.3 is 12.1 Å². The molecule has 4 unspecified atom stereocenters. The number of aliphatic carboxylic acids is 1. The Morgan fingerprint density at radius 2 is 1.68 bits per heavy atom. The van der Waals surface area contributed by atoms with Crippen molar-refractivity contribution in [3.05, 3.63) is 59.7 Å². The number of hydrogen-bond donors (Lipinski definition) is 3. The van der Waals surface area contributed by atoms with E-state index in [1.165, 1.54) is 29.2 Å². The predicted octanol–water partition coefficient (Wildman–Crippen LogP) is 3.89. The minimum Gasteiger partial charge on any atom is -0.480 e. The van der Waals surface area contributed by atoms with Crippen LogP contribution in [0, 0.1) is 11.8 Å². The van der Waals surface area contributed by atoms with Crippen molar-refractivity contribution >= 4 is 17.8 Å². The summed E-state index contributed by atoms with van der Waals surface area (Å²) in [6, 6.07) is 9.30. The van der Waals surface area contributed by atoms with Crippen molar-refractivity contribution in [2.24, 2.45) is 11.8 Å². The van der Waals surface area contributed by atoms with Crippen molar-refractivity contribution in [2.45, 2.75) is 55.9 Å². The molecular weight excluding hydrogens is 505 g/mol. The highest BCUT2D eigenvalue weighted by molar-refractivity contribution is 6.09. The van der Waals surface area contributed by atoms with Crippen LogP contribution in [0.1, 0.15) is 49.3 Å². The third-order valence-corrected chi connectivity index (χ3v) is 7.87. The van der Waals surface area contributed by atoms with Crippen LogP contribution in [-0.2, 0) is 20.6 Å². The average Bonchev–Trinajstić information content (AvgIpc) is 3.38. The number of likely N-dealkylation sites (tertiary alicyclic amines) is 1. The predicted molar refractivity (Wildman–Crippen MR) is 127 cm³/mol. The van der Waals surface area contributed by atoms with E-state index in [0.717, 1.165) is 31.4 Å². The summed E-state index contributed by atoms with van der Waals surface area (Å²) in [5.41, 5.74) is -2.53. The maximum Gasteiger partial charge on any atom is 0.416 e. The van der Waals surface area contributed by atoms with Gasteiger partial charge < -0.3 is 14.9 Å². The van der Waals surface area contributed by atoms with Crippen molar-refractivity contribution in [2.75, 3.05) is 6.61 Å². The van der Waals surface area contributed by atoms with E-state index in [1.54, 1.807) is 12.1 Å². The number of carbonyl (C=O) groups excluding carboxylic acids is 2. The smallest absolute Gasteiger partial charge is 0.416 e. The summed E-state index contributed by atoms with van der Waals surface area (Å²) < 4.78 is 45.0. The zero-order valence-corrected chi connectivity index (χ0v) is 20.3. The average molecular weight is 533 g/mol. The zero-order valence-electron chi connectivity index (χ0n) is 20.3. The molecule has 0 spiro atoms. The second kappa shape index (κ2) is 9.70. The molecule has 38 heavy (non-hydrogen) atoms. The number of ether oxygens (including phenoxy) is 1. The largest absolute Gasteiger partial charge is 0.480 e. The van der Waals surface area contributed by atoms with E-state index in [1.807, 2.05) is 0 Å². The molecule has 2 amide bonds. The van der Waals surface area contributed by atoms with E-state index in [-0.39, 0.29) is 17.5 Å². The number of fused-ring (bicyclic) bond motifs is 1. The molecule has 0 aromatic heterocycles. The molecule has 11 heteroatoms. The van der Waals surface area contributed by atoms with E-state index < -0.39 is 59.5 Å².